The summed E-state index contributed by atoms with van der Waals surface area (Å²) in [6.45, 7) is 8.40. The Morgan fingerprint density at radius 1 is 1.46 bits per heavy atom. The average molecular weight is 388 g/mol. The molecule has 1 amide bonds. The Morgan fingerprint density at radius 3 is 2.65 bits per heavy atom. The molecule has 144 valence electrons. The number of thiazole rings is 1. The van der Waals surface area contributed by atoms with E-state index >= 15 is 0 Å². The highest BCUT2D eigenvalue weighted by Crippen LogP contribution is 2.38. The molecule has 2 saturated heterocycles. The summed E-state index contributed by atoms with van der Waals surface area (Å²) in [6, 6.07) is -3.00. The third kappa shape index (κ3) is 3.77. The minimum atomic E-state index is -3.32. The molecule has 0 spiro atoms. The second kappa shape index (κ2) is 6.50. The summed E-state index contributed by atoms with van der Waals surface area (Å²) < 4.78 is 84.4. The monoisotopic (exact) mass is 388 g/mol. The van der Waals surface area contributed by atoms with Crippen molar-refractivity contribution in [1.82, 2.24) is 9.88 Å². The minimum absolute atomic E-state index is 0.0711. The molecule has 1 unspecified atom stereocenters. The Labute approximate surface area is 171 Å². The highest BCUT2D eigenvalue weighted by atomic mass is 32.1. The predicted octanol–water partition coefficient (Wildman–Crippen LogP) is 3.51. The second-order valence-electron chi connectivity index (χ2n) is 8.12. The van der Waals surface area contributed by atoms with E-state index in [9.17, 15) is 4.79 Å². The lowest BCUT2D eigenvalue weighted by Gasteiger charge is -2.32. The van der Waals surface area contributed by atoms with Gasteiger partial charge in [-0.15, -0.1) is 11.3 Å². The lowest BCUT2D eigenvalue weighted by Crippen LogP contribution is -2.41. The molecule has 0 aliphatic carbocycles. The number of nitrogens with zero attached hydrogens (tertiary/aromatic N) is 2. The van der Waals surface area contributed by atoms with Crippen molar-refractivity contribution in [3.8, 4) is 0 Å². The molecule has 0 saturated carbocycles. The van der Waals surface area contributed by atoms with Gasteiger partial charge >= 0.3 is 13.2 Å². The minimum Gasteiger partial charge on any atom is -0.444 e. The van der Waals surface area contributed by atoms with E-state index in [1.54, 1.807) is 27.7 Å². The molecule has 2 fully saturated rings. The molecule has 3 heterocycles. The van der Waals surface area contributed by atoms with Crippen LogP contribution >= 0.6 is 11.3 Å². The van der Waals surface area contributed by atoms with Gasteiger partial charge in [0.25, 0.3) is 0 Å². The summed E-state index contributed by atoms with van der Waals surface area (Å²) >= 11 is 0.526. The maximum atomic E-state index is 13.1. The Bertz CT molecular complexity index is 997. The SMILES string of the molecule is [2H]c1sc(C2([2H])N(C(=O)OC(C)(C)C)C([2H])([2H])C([2H])([2H])C2([2H])[2H])nc1B1OC(C)(C)C(C)(C)O1. The van der Waals surface area contributed by atoms with Gasteiger partial charge in [-0.25, -0.2) is 9.78 Å². The average Bonchev–Trinajstić information content (AvgIpc) is 3.11. The van der Waals surface area contributed by atoms with Gasteiger partial charge in [-0.1, -0.05) is 0 Å². The number of carbonyl (C=O) groups excluding carboxylic acids is 1. The van der Waals surface area contributed by atoms with E-state index in [0.29, 0.717) is 11.3 Å². The zero-order chi connectivity index (χ0) is 26.5. The molecule has 8 heteroatoms. The molecule has 26 heavy (non-hydrogen) atoms. The number of carbonyl (C=O) groups is 1. The first-order valence-corrected chi connectivity index (χ1v) is 9.12. The van der Waals surface area contributed by atoms with E-state index in [-0.39, 0.29) is 15.8 Å². The van der Waals surface area contributed by atoms with E-state index in [1.165, 1.54) is 20.8 Å². The van der Waals surface area contributed by atoms with Crippen LogP contribution < -0.4 is 5.59 Å². The molecule has 0 bridgehead atoms. The molecule has 1 aromatic heterocycles. The third-order valence-corrected chi connectivity index (χ3v) is 5.09. The standard InChI is InChI=1S/C18H29BN2O4S/c1-16(2,3)23-15(22)21-10-8-9-12(21)14-20-13(11-26-14)19-24-17(4,5)18(6,7)25-19/h11-12H,8-10H2,1-7H3/i8D2,9D2,10D2,11D,12D. The number of hydrogen-bond acceptors (Lipinski definition) is 6. The zero-order valence-electron chi connectivity index (χ0n) is 24.0. The number of amides is 1. The van der Waals surface area contributed by atoms with Crippen molar-refractivity contribution in [3.63, 3.8) is 0 Å². The quantitative estimate of drug-likeness (QED) is 0.726. The van der Waals surface area contributed by atoms with Crippen molar-refractivity contribution < 1.29 is 29.8 Å². The van der Waals surface area contributed by atoms with Crippen LogP contribution in [0.2, 0.25) is 0 Å². The van der Waals surface area contributed by atoms with Crippen LogP contribution in [-0.4, -0.2) is 46.4 Å². The molecular weight excluding hydrogens is 351 g/mol. The van der Waals surface area contributed by atoms with Gasteiger partial charge in [0.05, 0.1) is 25.6 Å². The van der Waals surface area contributed by atoms with Crippen LogP contribution in [-0.2, 0) is 14.0 Å². The van der Waals surface area contributed by atoms with Crippen molar-refractivity contribution in [3.05, 3.63) is 10.4 Å². The van der Waals surface area contributed by atoms with E-state index < -0.39 is 60.3 Å². The Morgan fingerprint density at radius 2 is 2.08 bits per heavy atom. The molecule has 0 N–H and O–H groups in total. The summed E-state index contributed by atoms with van der Waals surface area (Å²) in [5.41, 5.74) is -2.75. The molecule has 2 aliphatic rings. The fourth-order valence-corrected chi connectivity index (χ4v) is 2.99. The van der Waals surface area contributed by atoms with Gasteiger partial charge in [0.2, 0.25) is 0 Å². The van der Waals surface area contributed by atoms with Crippen LogP contribution in [0.4, 0.5) is 4.79 Å². The van der Waals surface area contributed by atoms with Crippen LogP contribution in [0, 0.1) is 0 Å². The summed E-state index contributed by atoms with van der Waals surface area (Å²) in [5, 5.41) is -0.739. The summed E-state index contributed by atoms with van der Waals surface area (Å²) in [5.74, 6) is 0. The van der Waals surface area contributed by atoms with Crippen molar-refractivity contribution in [2.75, 3.05) is 6.50 Å². The molecule has 0 radical (unpaired) electrons. The Kier molecular flexibility index (Phi) is 2.91. The second-order valence-corrected chi connectivity index (χ2v) is 8.92. The first-order chi connectivity index (χ1) is 14.9. The normalized spacial score (nSPS) is 38.1. The van der Waals surface area contributed by atoms with E-state index in [4.69, 9.17) is 25.0 Å². The first kappa shape index (κ1) is 11.7. The molecule has 1 atom stereocenters. The summed E-state index contributed by atoms with van der Waals surface area (Å²) in [4.78, 5) is 17.4. The molecule has 6 nitrogen and oxygen atoms in total. The van der Waals surface area contributed by atoms with Gasteiger partial charge in [0.1, 0.15) is 10.6 Å². The topological polar surface area (TPSA) is 60.9 Å². The number of likely N-dealkylation sites (tertiary alicyclic amines) is 1. The first-order valence-electron chi connectivity index (χ1n) is 12.3. The highest BCUT2D eigenvalue weighted by Gasteiger charge is 2.52. The zero-order valence-corrected chi connectivity index (χ0v) is 16.8. The molecule has 3 rings (SSSR count). The Balaban J connectivity index is 2.18. The number of hydrogen-bond donors (Lipinski definition) is 0. The number of rotatable bonds is 2. The van der Waals surface area contributed by atoms with Crippen LogP contribution in [0.3, 0.4) is 0 Å². The lowest BCUT2D eigenvalue weighted by molar-refractivity contribution is 0.00578. The maximum absolute atomic E-state index is 13.1. The smallest absolute Gasteiger partial charge is 0.444 e. The molecule has 1 aromatic rings. The Hall–Kier alpha value is -1.12. The maximum Gasteiger partial charge on any atom is 0.515 e. The fraction of sp³-hybridized carbons (Fsp3) is 0.778. The van der Waals surface area contributed by atoms with E-state index in [2.05, 4.69) is 4.98 Å². The van der Waals surface area contributed by atoms with Crippen LogP contribution in [0.25, 0.3) is 0 Å². The summed E-state index contributed by atoms with van der Waals surface area (Å²) in [6.07, 6.45) is -8.02. The van der Waals surface area contributed by atoms with Crippen LogP contribution in [0.15, 0.2) is 5.36 Å². The van der Waals surface area contributed by atoms with Gasteiger partial charge in [-0.3, -0.25) is 4.90 Å². The summed E-state index contributed by atoms with van der Waals surface area (Å²) in [7, 11) is -1.12. The molecule has 0 aromatic carbocycles. The van der Waals surface area contributed by atoms with Crippen molar-refractivity contribution >= 4 is 30.1 Å². The van der Waals surface area contributed by atoms with E-state index in [1.807, 2.05) is 0 Å². The molecular formula is C18H29BN2O4S. The fourth-order valence-electron chi connectivity index (χ4n) is 2.26. The third-order valence-electron chi connectivity index (χ3n) is 4.30. The van der Waals surface area contributed by atoms with Gasteiger partial charge in [0, 0.05) is 20.1 Å². The largest absolute Gasteiger partial charge is 0.515 e. The van der Waals surface area contributed by atoms with Crippen molar-refractivity contribution in [1.29, 1.82) is 0 Å². The van der Waals surface area contributed by atoms with Gasteiger partial charge in [0.15, 0.2) is 0 Å². The lowest BCUT2D eigenvalue weighted by atomic mass is 9.86. The number of ether oxygens (including phenoxy) is 1. The van der Waals surface area contributed by atoms with Crippen molar-refractivity contribution in [2.45, 2.75) is 84.0 Å². The van der Waals surface area contributed by atoms with Crippen LogP contribution in [0.5, 0.6) is 0 Å². The predicted molar refractivity (Wildman–Crippen MR) is 103 cm³/mol. The van der Waals surface area contributed by atoms with Crippen molar-refractivity contribution in [2.24, 2.45) is 0 Å². The molecule has 2 aliphatic heterocycles. The van der Waals surface area contributed by atoms with Gasteiger partial charge < -0.3 is 14.0 Å². The van der Waals surface area contributed by atoms with Gasteiger partial charge in [-0.2, -0.15) is 0 Å². The van der Waals surface area contributed by atoms with E-state index in [0.717, 1.165) is 0 Å². The van der Waals surface area contributed by atoms with Crippen LogP contribution in [0.1, 0.15) is 83.2 Å². The number of aromatic nitrogens is 1. The highest BCUT2D eigenvalue weighted by molar-refractivity contribution is 7.10. The van der Waals surface area contributed by atoms with Gasteiger partial charge in [-0.05, 0) is 61.2 Å².